The van der Waals surface area contributed by atoms with Gasteiger partial charge in [-0.05, 0) is 42.0 Å². The maximum absolute atomic E-state index is 15.1. The summed E-state index contributed by atoms with van der Waals surface area (Å²) < 4.78 is 31.8. The van der Waals surface area contributed by atoms with Crippen LogP contribution in [0.2, 0.25) is 0 Å². The highest BCUT2D eigenvalue weighted by molar-refractivity contribution is 7.80. The van der Waals surface area contributed by atoms with Crippen molar-refractivity contribution in [2.45, 2.75) is 24.9 Å². The van der Waals surface area contributed by atoms with Crippen LogP contribution in [0, 0.1) is 5.82 Å². The zero-order valence-electron chi connectivity index (χ0n) is 23.9. The molecule has 1 fully saturated rings. The molecule has 0 saturated carbocycles. The highest BCUT2D eigenvalue weighted by atomic mass is 32.1. The van der Waals surface area contributed by atoms with Crippen molar-refractivity contribution in [1.29, 1.82) is 0 Å². The molecule has 12 heteroatoms. The van der Waals surface area contributed by atoms with E-state index < -0.39 is 17.3 Å². The van der Waals surface area contributed by atoms with Crippen LogP contribution in [-0.4, -0.2) is 59.5 Å². The van der Waals surface area contributed by atoms with Crippen LogP contribution in [0.15, 0.2) is 72.9 Å². The fourth-order valence-corrected chi connectivity index (χ4v) is 4.98. The Morgan fingerprint density at radius 3 is 2.55 bits per heavy atom. The number of methoxy groups -OCH3 is 1. The monoisotopic (exact) mass is 618 g/mol. The Kier molecular flexibility index (Phi) is 9.63. The van der Waals surface area contributed by atoms with Gasteiger partial charge in [-0.2, -0.15) is 0 Å². The predicted molar refractivity (Wildman–Crippen MR) is 167 cm³/mol. The number of aliphatic hydroxyl groups is 1. The number of nitrogens with one attached hydrogen (secondary N) is 3. The van der Waals surface area contributed by atoms with Gasteiger partial charge in [-0.1, -0.05) is 30.3 Å². The van der Waals surface area contributed by atoms with Crippen LogP contribution in [0.25, 0.3) is 10.9 Å². The van der Waals surface area contributed by atoms with E-state index in [1.807, 2.05) is 30.3 Å². The van der Waals surface area contributed by atoms with Crippen molar-refractivity contribution in [3.8, 4) is 17.2 Å². The second-order valence-corrected chi connectivity index (χ2v) is 10.7. The average molecular weight is 619 g/mol. The van der Waals surface area contributed by atoms with E-state index in [9.17, 15) is 14.7 Å². The molecule has 4 aromatic rings. The summed E-state index contributed by atoms with van der Waals surface area (Å²) >= 11 is 5.21. The van der Waals surface area contributed by atoms with Gasteiger partial charge in [0, 0.05) is 62.0 Å². The number of carbonyl (C=O) groups excluding carboxylic acids is 2. The molecule has 0 bridgehead atoms. The van der Waals surface area contributed by atoms with Crippen LogP contribution in [0.1, 0.15) is 28.8 Å². The number of ether oxygens (including phenoxy) is 3. The minimum absolute atomic E-state index is 0.0304. The maximum Gasteiger partial charge on any atom is 0.255 e. The summed E-state index contributed by atoms with van der Waals surface area (Å²) in [4.78, 5) is 29.8. The number of hydrogen-bond acceptors (Lipinski definition) is 8. The number of amides is 2. The quantitative estimate of drug-likeness (QED) is 0.200. The van der Waals surface area contributed by atoms with E-state index in [1.54, 1.807) is 24.3 Å². The number of thiocarbonyl (C=S) groups is 1. The van der Waals surface area contributed by atoms with E-state index in [0.717, 1.165) is 5.56 Å². The Morgan fingerprint density at radius 2 is 1.82 bits per heavy atom. The van der Waals surface area contributed by atoms with E-state index in [0.29, 0.717) is 42.6 Å². The molecule has 0 unspecified atom stereocenters. The second kappa shape index (κ2) is 13.8. The molecule has 10 nitrogen and oxygen atoms in total. The fraction of sp³-hybridized carbons (Fsp3) is 0.250. The molecule has 5 rings (SSSR count). The number of fused-ring (bicyclic) bond motifs is 1. The number of carbonyl (C=O) groups is 2. The van der Waals surface area contributed by atoms with Crippen molar-refractivity contribution >= 4 is 45.7 Å². The van der Waals surface area contributed by atoms with Crippen LogP contribution in [0.5, 0.6) is 17.2 Å². The van der Waals surface area contributed by atoms with Gasteiger partial charge < -0.3 is 35.3 Å². The number of nitrogens with zero attached hydrogens (tertiary/aromatic N) is 1. The van der Waals surface area contributed by atoms with Gasteiger partial charge in [0.25, 0.3) is 5.91 Å². The van der Waals surface area contributed by atoms with E-state index >= 15 is 4.39 Å². The molecule has 2 amide bonds. The molecule has 1 aliphatic heterocycles. The summed E-state index contributed by atoms with van der Waals surface area (Å²) in [6, 6.07) is 18.1. The van der Waals surface area contributed by atoms with Gasteiger partial charge in [0.15, 0.2) is 16.7 Å². The fourth-order valence-electron chi connectivity index (χ4n) is 4.75. The van der Waals surface area contributed by atoms with Crippen LogP contribution in [0.3, 0.4) is 0 Å². The molecule has 0 radical (unpaired) electrons. The first-order chi connectivity index (χ1) is 21.2. The van der Waals surface area contributed by atoms with Crippen molar-refractivity contribution in [2.75, 3.05) is 32.2 Å². The summed E-state index contributed by atoms with van der Waals surface area (Å²) in [6.07, 6.45) is 2.48. The molecule has 0 aliphatic carbocycles. The van der Waals surface area contributed by atoms with Crippen LogP contribution < -0.4 is 25.4 Å². The molecule has 1 aliphatic rings. The van der Waals surface area contributed by atoms with Crippen LogP contribution >= 0.6 is 12.2 Å². The lowest BCUT2D eigenvalue weighted by atomic mass is 9.94. The number of rotatable bonds is 9. The van der Waals surface area contributed by atoms with Gasteiger partial charge in [0.1, 0.15) is 11.5 Å². The van der Waals surface area contributed by atoms with Gasteiger partial charge in [0.05, 0.1) is 30.2 Å². The number of hydrogen-bond donors (Lipinski definition) is 4. The van der Waals surface area contributed by atoms with Crippen molar-refractivity contribution in [2.24, 2.45) is 0 Å². The first kappa shape index (κ1) is 30.8. The lowest BCUT2D eigenvalue weighted by molar-refractivity contribution is -0.119. The average Bonchev–Trinajstić information content (AvgIpc) is 3.01. The molecular weight excluding hydrogens is 587 g/mol. The molecule has 2 heterocycles. The molecule has 0 atom stereocenters. The molecule has 3 aromatic carbocycles. The lowest BCUT2D eigenvalue weighted by Gasteiger charge is -2.32. The minimum atomic E-state index is -1.05. The van der Waals surface area contributed by atoms with Gasteiger partial charge in [-0.15, -0.1) is 0 Å². The standard InChI is InChI=1S/C32H31FN4O6S/c1-41-28-18-25-22(17-23(28)30(39)35-19-32(40)10-13-42-14-11-32)26(9-12-34-25)43-27-8-7-21(16-24(27)33)36-31(44)37-29(38)15-20-5-3-2-4-6-20/h2-9,12,16-18,40H,10-11,13-15,19H2,1H3,(H,35,39)(H2,36,37,38,44). The predicted octanol–water partition coefficient (Wildman–Crippen LogP) is 4.50. The van der Waals surface area contributed by atoms with Gasteiger partial charge in [0.2, 0.25) is 5.91 Å². The largest absolute Gasteiger partial charge is 0.496 e. The van der Waals surface area contributed by atoms with E-state index in [-0.39, 0.29) is 46.8 Å². The molecule has 1 saturated heterocycles. The topological polar surface area (TPSA) is 131 Å². The highest BCUT2D eigenvalue weighted by Crippen LogP contribution is 2.35. The number of halogens is 1. The summed E-state index contributed by atoms with van der Waals surface area (Å²) in [5.74, 6) is -0.972. The Bertz CT molecular complexity index is 1680. The lowest BCUT2D eigenvalue weighted by Crippen LogP contribution is -2.46. The van der Waals surface area contributed by atoms with E-state index in [2.05, 4.69) is 20.9 Å². The minimum Gasteiger partial charge on any atom is -0.496 e. The Morgan fingerprint density at radius 1 is 1.05 bits per heavy atom. The van der Waals surface area contributed by atoms with Crippen molar-refractivity contribution in [3.63, 3.8) is 0 Å². The van der Waals surface area contributed by atoms with Crippen molar-refractivity contribution in [1.82, 2.24) is 15.6 Å². The molecule has 228 valence electrons. The molecule has 44 heavy (non-hydrogen) atoms. The van der Waals surface area contributed by atoms with Crippen molar-refractivity contribution in [3.05, 3.63) is 89.9 Å². The zero-order valence-corrected chi connectivity index (χ0v) is 24.7. The maximum atomic E-state index is 15.1. The molecule has 1 aromatic heterocycles. The summed E-state index contributed by atoms with van der Waals surface area (Å²) in [5, 5.41) is 19.4. The van der Waals surface area contributed by atoms with E-state index in [4.69, 9.17) is 26.4 Å². The smallest absolute Gasteiger partial charge is 0.255 e. The summed E-state index contributed by atoms with van der Waals surface area (Å²) in [7, 11) is 1.44. The normalized spacial score (nSPS) is 14.0. The highest BCUT2D eigenvalue weighted by Gasteiger charge is 2.30. The van der Waals surface area contributed by atoms with Crippen LogP contribution in [0.4, 0.5) is 10.1 Å². The zero-order chi connectivity index (χ0) is 31.1. The third-order valence-electron chi connectivity index (χ3n) is 7.14. The first-order valence-corrected chi connectivity index (χ1v) is 14.3. The number of benzene rings is 3. The number of anilines is 1. The third kappa shape index (κ3) is 7.64. The van der Waals surface area contributed by atoms with Gasteiger partial charge in [-0.3, -0.25) is 14.6 Å². The number of pyridine rings is 1. The molecule has 4 N–H and O–H groups in total. The first-order valence-electron chi connectivity index (χ1n) is 13.9. The molecular formula is C32H31FN4O6S. The van der Waals surface area contributed by atoms with Crippen molar-refractivity contribution < 1.29 is 33.3 Å². The SMILES string of the molecule is COc1cc2nccc(Oc3ccc(NC(=S)NC(=O)Cc4ccccc4)cc3F)c2cc1C(=O)NCC1(O)CCOCC1. The van der Waals surface area contributed by atoms with Gasteiger partial charge >= 0.3 is 0 Å². The Hall–Kier alpha value is -4.65. The number of aromatic nitrogens is 1. The second-order valence-electron chi connectivity index (χ2n) is 10.3. The summed E-state index contributed by atoms with van der Waals surface area (Å²) in [6.45, 7) is 0.895. The Balaban J connectivity index is 1.28. The summed E-state index contributed by atoms with van der Waals surface area (Å²) in [5.41, 5.74) is 0.771. The van der Waals surface area contributed by atoms with E-state index in [1.165, 1.54) is 25.4 Å². The molecule has 0 spiro atoms. The van der Waals surface area contributed by atoms with Gasteiger partial charge in [-0.25, -0.2) is 4.39 Å². The van der Waals surface area contributed by atoms with Crippen LogP contribution in [-0.2, 0) is 16.0 Å². The third-order valence-corrected chi connectivity index (χ3v) is 7.34. The Labute approximate surface area is 258 Å².